The van der Waals surface area contributed by atoms with Crippen LogP contribution in [0, 0.1) is 5.92 Å². The van der Waals surface area contributed by atoms with Crippen molar-refractivity contribution in [3.63, 3.8) is 0 Å². The molecule has 37 heavy (non-hydrogen) atoms. The fraction of sp³-hybridized carbons (Fsp3) is 0.346. The van der Waals surface area contributed by atoms with Crippen LogP contribution in [-0.2, 0) is 16.1 Å². The normalized spacial score (nSPS) is 11.7. The second kappa shape index (κ2) is 13.3. The summed E-state index contributed by atoms with van der Waals surface area (Å²) in [5.74, 6) is 0.0610. The number of anilines is 1. The number of amides is 2. The van der Waals surface area contributed by atoms with Gasteiger partial charge in [-0.1, -0.05) is 49.3 Å². The summed E-state index contributed by atoms with van der Waals surface area (Å²) >= 11 is 7.47. The van der Waals surface area contributed by atoms with Crippen molar-refractivity contribution in [3.8, 4) is 0 Å². The summed E-state index contributed by atoms with van der Waals surface area (Å²) in [7, 11) is 1.31. The van der Waals surface area contributed by atoms with Gasteiger partial charge in [0.25, 0.3) is 5.91 Å². The predicted molar refractivity (Wildman–Crippen MR) is 144 cm³/mol. The molecule has 2 aromatic carbocycles. The van der Waals surface area contributed by atoms with Gasteiger partial charge in [0.1, 0.15) is 0 Å². The van der Waals surface area contributed by atoms with Gasteiger partial charge in [0.2, 0.25) is 5.91 Å². The van der Waals surface area contributed by atoms with E-state index in [-0.39, 0.29) is 29.5 Å². The lowest BCUT2D eigenvalue weighted by Gasteiger charge is -2.21. The summed E-state index contributed by atoms with van der Waals surface area (Å²) in [5.41, 5.74) is 1.36. The molecular weight excluding hydrogens is 514 g/mol. The number of thioether (sulfide) groups is 1. The van der Waals surface area contributed by atoms with Crippen LogP contribution < -0.4 is 10.6 Å². The predicted octanol–water partition coefficient (Wildman–Crippen LogP) is 4.99. The first kappa shape index (κ1) is 28.2. The third-order valence-corrected chi connectivity index (χ3v) is 6.72. The third kappa shape index (κ3) is 7.56. The molecule has 0 fully saturated rings. The van der Waals surface area contributed by atoms with E-state index < -0.39 is 5.97 Å². The Labute approximate surface area is 225 Å². The second-order valence-corrected chi connectivity index (χ2v) is 9.98. The average Bonchev–Trinajstić information content (AvgIpc) is 3.30. The maximum Gasteiger partial charge on any atom is 0.337 e. The SMILES string of the molecule is CCn1c(SCC(=O)Nc2ccc(C(=O)OC)cc2)nnc1[C@H](CC(C)C)NC(=O)c1ccccc1Cl. The van der Waals surface area contributed by atoms with Gasteiger partial charge in [-0.25, -0.2) is 4.79 Å². The molecule has 0 saturated heterocycles. The molecule has 0 aliphatic carbocycles. The van der Waals surface area contributed by atoms with Gasteiger partial charge in [0.15, 0.2) is 11.0 Å². The van der Waals surface area contributed by atoms with E-state index >= 15 is 0 Å². The first-order valence-electron chi connectivity index (χ1n) is 11.8. The number of rotatable bonds is 11. The van der Waals surface area contributed by atoms with Crippen LogP contribution in [0.25, 0.3) is 0 Å². The van der Waals surface area contributed by atoms with Gasteiger partial charge in [-0.3, -0.25) is 9.59 Å². The molecular formula is C26H30ClN5O4S. The van der Waals surface area contributed by atoms with E-state index in [1.165, 1.54) is 18.9 Å². The molecule has 0 aliphatic heterocycles. The number of carbonyl (C=O) groups is 3. The number of esters is 1. The zero-order chi connectivity index (χ0) is 26.9. The van der Waals surface area contributed by atoms with Gasteiger partial charge in [-0.2, -0.15) is 0 Å². The zero-order valence-corrected chi connectivity index (χ0v) is 22.7. The van der Waals surface area contributed by atoms with E-state index in [1.54, 1.807) is 48.5 Å². The van der Waals surface area contributed by atoms with Crippen LogP contribution in [0.4, 0.5) is 5.69 Å². The average molecular weight is 544 g/mol. The van der Waals surface area contributed by atoms with E-state index in [1.807, 2.05) is 11.5 Å². The van der Waals surface area contributed by atoms with Gasteiger partial charge in [-0.05, 0) is 55.7 Å². The highest BCUT2D eigenvalue weighted by molar-refractivity contribution is 7.99. The Bertz CT molecular complexity index is 1250. The summed E-state index contributed by atoms with van der Waals surface area (Å²) in [6.45, 7) is 6.66. The summed E-state index contributed by atoms with van der Waals surface area (Å²) in [6, 6.07) is 13.0. The van der Waals surface area contributed by atoms with Gasteiger partial charge < -0.3 is 19.9 Å². The first-order valence-corrected chi connectivity index (χ1v) is 13.2. The van der Waals surface area contributed by atoms with Gasteiger partial charge in [0.05, 0.1) is 35.1 Å². The van der Waals surface area contributed by atoms with Crippen LogP contribution in [0.15, 0.2) is 53.7 Å². The van der Waals surface area contributed by atoms with E-state index in [2.05, 4.69) is 39.4 Å². The number of ether oxygens (including phenoxy) is 1. The Balaban J connectivity index is 1.69. The molecule has 196 valence electrons. The number of aromatic nitrogens is 3. The smallest absolute Gasteiger partial charge is 0.337 e. The number of hydrogen-bond acceptors (Lipinski definition) is 7. The van der Waals surface area contributed by atoms with Crippen molar-refractivity contribution in [1.29, 1.82) is 0 Å². The minimum Gasteiger partial charge on any atom is -0.465 e. The number of benzene rings is 2. The van der Waals surface area contributed by atoms with Crippen LogP contribution in [0.2, 0.25) is 5.02 Å². The van der Waals surface area contributed by atoms with Crippen LogP contribution in [-0.4, -0.2) is 45.4 Å². The van der Waals surface area contributed by atoms with Crippen molar-refractivity contribution in [2.75, 3.05) is 18.2 Å². The van der Waals surface area contributed by atoms with Crippen molar-refractivity contribution in [1.82, 2.24) is 20.1 Å². The molecule has 11 heteroatoms. The fourth-order valence-corrected chi connectivity index (χ4v) is 4.71. The molecule has 0 unspecified atom stereocenters. The lowest BCUT2D eigenvalue weighted by atomic mass is 10.0. The highest BCUT2D eigenvalue weighted by Crippen LogP contribution is 2.26. The highest BCUT2D eigenvalue weighted by atomic mass is 35.5. The molecule has 3 aromatic rings. The maximum atomic E-state index is 13.0. The number of halogens is 1. The number of nitrogens with one attached hydrogen (secondary N) is 2. The van der Waals surface area contributed by atoms with Crippen molar-refractivity contribution in [2.24, 2.45) is 5.92 Å². The molecule has 0 saturated carbocycles. The van der Waals surface area contributed by atoms with E-state index in [0.29, 0.717) is 45.8 Å². The Kier molecular flexibility index (Phi) is 10.1. The molecule has 1 aromatic heterocycles. The van der Waals surface area contributed by atoms with Crippen LogP contribution in [0.5, 0.6) is 0 Å². The summed E-state index contributed by atoms with van der Waals surface area (Å²) in [4.78, 5) is 37.1. The molecule has 3 rings (SSSR count). The van der Waals surface area contributed by atoms with Gasteiger partial charge >= 0.3 is 5.97 Å². The van der Waals surface area contributed by atoms with Crippen molar-refractivity contribution < 1.29 is 19.1 Å². The van der Waals surface area contributed by atoms with Gasteiger partial charge in [-0.15, -0.1) is 10.2 Å². The van der Waals surface area contributed by atoms with Crippen LogP contribution >= 0.6 is 23.4 Å². The second-order valence-electron chi connectivity index (χ2n) is 8.63. The Morgan fingerprint density at radius 2 is 1.78 bits per heavy atom. The van der Waals surface area contributed by atoms with E-state index in [0.717, 1.165) is 0 Å². The molecule has 0 aliphatic rings. The molecule has 0 bridgehead atoms. The number of nitrogens with zero attached hydrogens (tertiary/aromatic N) is 3. The van der Waals surface area contributed by atoms with Crippen molar-refractivity contribution in [3.05, 3.63) is 70.5 Å². The molecule has 0 radical (unpaired) electrons. The number of carbonyl (C=O) groups excluding carboxylic acids is 3. The summed E-state index contributed by atoms with van der Waals surface area (Å²) < 4.78 is 6.59. The first-order chi connectivity index (χ1) is 17.7. The van der Waals surface area contributed by atoms with E-state index in [9.17, 15) is 14.4 Å². The largest absolute Gasteiger partial charge is 0.465 e. The topological polar surface area (TPSA) is 115 Å². The van der Waals surface area contributed by atoms with Crippen LogP contribution in [0.1, 0.15) is 59.8 Å². The Hall–Kier alpha value is -3.37. The van der Waals surface area contributed by atoms with Crippen molar-refractivity contribution >= 4 is 46.8 Å². The lowest BCUT2D eigenvalue weighted by molar-refractivity contribution is -0.113. The molecule has 1 atom stereocenters. The molecule has 2 amide bonds. The van der Waals surface area contributed by atoms with E-state index in [4.69, 9.17) is 11.6 Å². The maximum absolute atomic E-state index is 13.0. The Morgan fingerprint density at radius 1 is 1.08 bits per heavy atom. The quantitative estimate of drug-likeness (QED) is 0.259. The fourth-order valence-electron chi connectivity index (χ4n) is 3.68. The molecule has 1 heterocycles. The summed E-state index contributed by atoms with van der Waals surface area (Å²) in [6.07, 6.45) is 0.654. The molecule has 9 nitrogen and oxygen atoms in total. The number of hydrogen-bond donors (Lipinski definition) is 2. The zero-order valence-electron chi connectivity index (χ0n) is 21.2. The monoisotopic (exact) mass is 543 g/mol. The van der Waals surface area contributed by atoms with Crippen LogP contribution in [0.3, 0.4) is 0 Å². The minimum atomic E-state index is -0.443. The minimum absolute atomic E-state index is 0.109. The third-order valence-electron chi connectivity index (χ3n) is 5.43. The standard InChI is InChI=1S/C26H30ClN5O4S/c1-5-32-23(21(14-16(2)3)29-24(34)19-8-6-7-9-20(19)27)30-31-26(32)37-15-22(33)28-18-12-10-17(11-13-18)25(35)36-4/h6-13,16,21H,5,14-15H2,1-4H3,(H,28,33)(H,29,34)/t21-/m0/s1. The molecule has 0 spiro atoms. The molecule has 2 N–H and O–H groups in total. The Morgan fingerprint density at radius 3 is 2.41 bits per heavy atom. The lowest BCUT2D eigenvalue weighted by Crippen LogP contribution is -2.31. The number of methoxy groups -OCH3 is 1. The van der Waals surface area contributed by atoms with Gasteiger partial charge in [0, 0.05) is 12.2 Å². The summed E-state index contributed by atoms with van der Waals surface area (Å²) in [5, 5.41) is 15.5. The van der Waals surface area contributed by atoms with Crippen molar-refractivity contribution in [2.45, 2.75) is 44.9 Å². The highest BCUT2D eigenvalue weighted by Gasteiger charge is 2.25.